The third kappa shape index (κ3) is 4.64. The van der Waals surface area contributed by atoms with Gasteiger partial charge in [-0.25, -0.2) is 0 Å². The zero-order valence-corrected chi connectivity index (χ0v) is 16.7. The van der Waals surface area contributed by atoms with E-state index in [1.165, 1.54) is 12.0 Å². The second-order valence-corrected chi connectivity index (χ2v) is 8.10. The minimum atomic E-state index is 0.284. The normalized spacial score (nSPS) is 15.2. The number of anilines is 1. The van der Waals surface area contributed by atoms with Gasteiger partial charge in [0.05, 0.1) is 0 Å². The van der Waals surface area contributed by atoms with Crippen LogP contribution in [0.25, 0.3) is 21.3 Å². The summed E-state index contributed by atoms with van der Waals surface area (Å²) < 4.78 is 0. The molecule has 1 aromatic carbocycles. The Morgan fingerprint density at radius 3 is 3.07 bits per heavy atom. The Morgan fingerprint density at radius 1 is 1.18 bits per heavy atom. The molecule has 3 N–H and O–H groups in total. The van der Waals surface area contributed by atoms with Gasteiger partial charge in [-0.15, -0.1) is 10.2 Å². The van der Waals surface area contributed by atoms with Crippen LogP contribution in [-0.4, -0.2) is 27.8 Å². The summed E-state index contributed by atoms with van der Waals surface area (Å²) in [5, 5.41) is 16.4. The molecule has 2 aromatic heterocycles. The van der Waals surface area contributed by atoms with Gasteiger partial charge < -0.3 is 11.1 Å². The molecule has 4 rings (SSSR count). The Bertz CT molecular complexity index is 991. The van der Waals surface area contributed by atoms with Gasteiger partial charge >= 0.3 is 0 Å². The summed E-state index contributed by atoms with van der Waals surface area (Å²) >= 11 is 1.59. The molecule has 1 aliphatic carbocycles. The average molecular weight is 392 g/mol. The summed E-state index contributed by atoms with van der Waals surface area (Å²) in [5.41, 5.74) is 8.42. The molecule has 144 valence electrons. The number of hydrogen-bond acceptors (Lipinski definition) is 6. The van der Waals surface area contributed by atoms with Gasteiger partial charge in [0.15, 0.2) is 0 Å². The molecule has 0 amide bonds. The molecular weight excluding hydrogens is 366 g/mol. The third-order valence-corrected chi connectivity index (χ3v) is 5.90. The lowest BCUT2D eigenvalue weighted by Gasteiger charge is -2.18. The standard InChI is InChI=1S/C22H25N5S/c23-11-9-20(13-16-5-3-1-2-4-6-16)25-22-27-26-21(28-22)18-7-8-19-15-24-12-10-17(19)14-18/h1,3,5,7-8,10,12,14-15,20H,2,4,6,9,11,13,23H2,(H,25,27). The second kappa shape index (κ2) is 9.08. The van der Waals surface area contributed by atoms with Crippen molar-refractivity contribution in [1.29, 1.82) is 0 Å². The first-order valence-electron chi connectivity index (χ1n) is 9.80. The molecule has 0 saturated carbocycles. The van der Waals surface area contributed by atoms with E-state index in [9.17, 15) is 0 Å². The van der Waals surface area contributed by atoms with Crippen LogP contribution in [0.3, 0.4) is 0 Å². The molecule has 0 bridgehead atoms. The van der Waals surface area contributed by atoms with E-state index in [0.717, 1.165) is 52.2 Å². The van der Waals surface area contributed by atoms with E-state index in [4.69, 9.17) is 5.73 Å². The molecule has 0 fully saturated rings. The number of pyridine rings is 1. The van der Waals surface area contributed by atoms with E-state index < -0.39 is 0 Å². The zero-order valence-electron chi connectivity index (χ0n) is 15.8. The van der Waals surface area contributed by atoms with Gasteiger partial charge in [-0.2, -0.15) is 0 Å². The fourth-order valence-electron chi connectivity index (χ4n) is 3.53. The lowest BCUT2D eigenvalue weighted by atomic mass is 9.99. The summed E-state index contributed by atoms with van der Waals surface area (Å²) in [6.07, 6.45) is 15.8. The van der Waals surface area contributed by atoms with Gasteiger partial charge in [-0.3, -0.25) is 4.98 Å². The summed E-state index contributed by atoms with van der Waals surface area (Å²) in [5.74, 6) is 0. The van der Waals surface area contributed by atoms with Crippen LogP contribution in [0.1, 0.15) is 32.1 Å². The van der Waals surface area contributed by atoms with Gasteiger partial charge in [0.25, 0.3) is 0 Å². The quantitative estimate of drug-likeness (QED) is 0.596. The molecule has 0 radical (unpaired) electrons. The fraction of sp³-hybridized carbons (Fsp3) is 0.318. The number of allylic oxidation sites excluding steroid dienone is 3. The summed E-state index contributed by atoms with van der Waals surface area (Å²) in [6, 6.07) is 8.60. The van der Waals surface area contributed by atoms with E-state index in [2.05, 4.69) is 56.9 Å². The molecule has 0 aliphatic heterocycles. The highest BCUT2D eigenvalue weighted by Gasteiger charge is 2.14. The Labute approximate surface area is 169 Å². The van der Waals surface area contributed by atoms with Gasteiger partial charge in [-0.1, -0.05) is 47.3 Å². The van der Waals surface area contributed by atoms with Crippen molar-refractivity contribution < 1.29 is 0 Å². The number of benzene rings is 1. The highest BCUT2D eigenvalue weighted by Crippen LogP contribution is 2.30. The van der Waals surface area contributed by atoms with E-state index in [1.807, 2.05) is 18.5 Å². The lowest BCUT2D eigenvalue weighted by Crippen LogP contribution is -2.23. The Hall–Kier alpha value is -2.57. The van der Waals surface area contributed by atoms with Crippen LogP contribution >= 0.6 is 11.3 Å². The molecule has 28 heavy (non-hydrogen) atoms. The van der Waals surface area contributed by atoms with E-state index in [1.54, 1.807) is 11.3 Å². The first-order valence-corrected chi connectivity index (χ1v) is 10.6. The van der Waals surface area contributed by atoms with Crippen molar-refractivity contribution in [2.24, 2.45) is 5.73 Å². The maximum atomic E-state index is 5.86. The van der Waals surface area contributed by atoms with Crippen molar-refractivity contribution in [3.63, 3.8) is 0 Å². The number of nitrogens with one attached hydrogen (secondary N) is 1. The Kier molecular flexibility index (Phi) is 6.09. The average Bonchev–Trinajstić information content (AvgIpc) is 3.03. The number of nitrogens with two attached hydrogens (primary N) is 1. The molecule has 6 heteroatoms. The van der Waals surface area contributed by atoms with Gasteiger partial charge in [0.2, 0.25) is 5.13 Å². The Balaban J connectivity index is 1.48. The van der Waals surface area contributed by atoms with Crippen molar-refractivity contribution in [3.05, 3.63) is 60.5 Å². The van der Waals surface area contributed by atoms with Gasteiger partial charge in [-0.05, 0) is 56.2 Å². The van der Waals surface area contributed by atoms with Crippen molar-refractivity contribution in [3.8, 4) is 10.6 Å². The molecule has 1 atom stereocenters. The van der Waals surface area contributed by atoms with E-state index in [-0.39, 0.29) is 6.04 Å². The lowest BCUT2D eigenvalue weighted by molar-refractivity contribution is 0.634. The maximum Gasteiger partial charge on any atom is 0.206 e. The first kappa shape index (κ1) is 18.8. The number of hydrogen-bond donors (Lipinski definition) is 2. The van der Waals surface area contributed by atoms with Crippen molar-refractivity contribution in [2.75, 3.05) is 11.9 Å². The predicted octanol–water partition coefficient (Wildman–Crippen LogP) is 4.94. The molecule has 3 aromatic rings. The molecule has 2 heterocycles. The van der Waals surface area contributed by atoms with Crippen molar-refractivity contribution in [2.45, 2.75) is 38.1 Å². The van der Waals surface area contributed by atoms with Gasteiger partial charge in [0, 0.05) is 29.4 Å². The largest absolute Gasteiger partial charge is 0.357 e. The van der Waals surface area contributed by atoms with Crippen LogP contribution in [0, 0.1) is 0 Å². The summed E-state index contributed by atoms with van der Waals surface area (Å²) in [6.45, 7) is 0.658. The molecule has 1 unspecified atom stereocenters. The smallest absolute Gasteiger partial charge is 0.206 e. The highest BCUT2D eigenvalue weighted by molar-refractivity contribution is 7.18. The van der Waals surface area contributed by atoms with Crippen LogP contribution < -0.4 is 11.1 Å². The molecule has 5 nitrogen and oxygen atoms in total. The third-order valence-electron chi connectivity index (χ3n) is 5.00. The summed E-state index contributed by atoms with van der Waals surface area (Å²) in [4.78, 5) is 4.17. The van der Waals surface area contributed by atoms with Crippen molar-refractivity contribution >= 4 is 27.2 Å². The van der Waals surface area contributed by atoms with Gasteiger partial charge in [0.1, 0.15) is 5.01 Å². The monoisotopic (exact) mass is 391 g/mol. The second-order valence-electron chi connectivity index (χ2n) is 7.12. The molecule has 1 aliphatic rings. The minimum absolute atomic E-state index is 0.284. The maximum absolute atomic E-state index is 5.86. The van der Waals surface area contributed by atoms with E-state index in [0.29, 0.717) is 6.54 Å². The summed E-state index contributed by atoms with van der Waals surface area (Å²) in [7, 11) is 0. The van der Waals surface area contributed by atoms with Crippen LogP contribution in [0.2, 0.25) is 0 Å². The number of fused-ring (bicyclic) bond motifs is 1. The molecular formula is C22H25N5S. The topological polar surface area (TPSA) is 76.7 Å². The SMILES string of the molecule is NCCC(CC1=CC=CCCC1)Nc1nnc(-c2ccc3cnccc3c2)s1. The predicted molar refractivity (Wildman–Crippen MR) is 117 cm³/mol. The Morgan fingerprint density at radius 2 is 2.14 bits per heavy atom. The zero-order chi connectivity index (χ0) is 19.2. The fourth-order valence-corrected chi connectivity index (χ4v) is 4.35. The van der Waals surface area contributed by atoms with Crippen LogP contribution in [-0.2, 0) is 0 Å². The van der Waals surface area contributed by atoms with Crippen molar-refractivity contribution in [1.82, 2.24) is 15.2 Å². The minimum Gasteiger partial charge on any atom is -0.357 e. The number of rotatable bonds is 7. The van der Waals surface area contributed by atoms with Crippen LogP contribution in [0.15, 0.2) is 60.5 Å². The van der Waals surface area contributed by atoms with Crippen LogP contribution in [0.4, 0.5) is 5.13 Å². The first-order chi connectivity index (χ1) is 13.8. The number of aromatic nitrogens is 3. The van der Waals surface area contributed by atoms with Crippen LogP contribution in [0.5, 0.6) is 0 Å². The molecule has 0 spiro atoms. The van der Waals surface area contributed by atoms with E-state index >= 15 is 0 Å². The highest BCUT2D eigenvalue weighted by atomic mass is 32.1. The number of nitrogens with zero attached hydrogens (tertiary/aromatic N) is 3. The molecule has 0 saturated heterocycles.